The molecule has 1 aliphatic rings. The van der Waals surface area contributed by atoms with Gasteiger partial charge >= 0.3 is 0 Å². The van der Waals surface area contributed by atoms with Crippen molar-refractivity contribution in [2.24, 2.45) is 0 Å². The number of aliphatic hydroxyl groups excluding tert-OH is 1. The van der Waals surface area contributed by atoms with Gasteiger partial charge < -0.3 is 10.4 Å². The Morgan fingerprint density at radius 3 is 2.95 bits per heavy atom. The lowest BCUT2D eigenvalue weighted by molar-refractivity contribution is -0.122. The van der Waals surface area contributed by atoms with Gasteiger partial charge in [-0.1, -0.05) is 24.5 Å². The van der Waals surface area contributed by atoms with Crippen LogP contribution in [-0.2, 0) is 17.8 Å². The van der Waals surface area contributed by atoms with Gasteiger partial charge in [-0.25, -0.2) is 0 Å². The number of nitrogens with zero attached hydrogens (tertiary/aromatic N) is 3. The predicted molar refractivity (Wildman–Crippen MR) is 75.1 cm³/mol. The lowest BCUT2D eigenvalue weighted by atomic mass is 9.95. The van der Waals surface area contributed by atoms with Gasteiger partial charge in [0.05, 0.1) is 12.2 Å². The predicted octanol–water partition coefficient (Wildman–Crippen LogP) is 1.04. The number of hydrogen-bond donors (Lipinski definition) is 2. The molecular formula is C14H24N4O2. The third-order valence-electron chi connectivity index (χ3n) is 3.72. The molecule has 2 rings (SSSR count). The largest absolute Gasteiger partial charge is 0.396 e. The van der Waals surface area contributed by atoms with Crippen molar-refractivity contribution in [1.82, 2.24) is 20.3 Å². The van der Waals surface area contributed by atoms with Crippen LogP contribution in [-0.4, -0.2) is 38.7 Å². The smallest absolute Gasteiger partial charge is 0.222 e. The highest BCUT2D eigenvalue weighted by Gasteiger charge is 2.15. The number of carbonyl (C=O) groups excluding carboxylic acids is 1. The Labute approximate surface area is 119 Å². The molecule has 0 radical (unpaired) electrons. The van der Waals surface area contributed by atoms with E-state index in [1.807, 2.05) is 6.20 Å². The van der Waals surface area contributed by atoms with Crippen LogP contribution in [0.4, 0.5) is 0 Å². The highest BCUT2D eigenvalue weighted by Crippen LogP contribution is 2.17. The number of nitrogens with one attached hydrogen (secondary N) is 1. The number of aryl methyl sites for hydroxylation is 2. The van der Waals surface area contributed by atoms with E-state index in [0.29, 0.717) is 25.4 Å². The van der Waals surface area contributed by atoms with Gasteiger partial charge in [-0.2, -0.15) is 0 Å². The number of aliphatic hydroxyl groups is 1. The van der Waals surface area contributed by atoms with Crippen LogP contribution in [0.2, 0.25) is 0 Å². The second kappa shape index (κ2) is 7.99. The van der Waals surface area contributed by atoms with E-state index in [2.05, 4.69) is 15.6 Å². The molecule has 0 aromatic carbocycles. The van der Waals surface area contributed by atoms with Crippen molar-refractivity contribution in [3.8, 4) is 0 Å². The maximum atomic E-state index is 11.9. The first-order valence-corrected chi connectivity index (χ1v) is 7.57. The molecule has 0 saturated heterocycles. The van der Waals surface area contributed by atoms with E-state index in [9.17, 15) is 4.79 Å². The maximum absolute atomic E-state index is 11.9. The first-order valence-electron chi connectivity index (χ1n) is 7.57. The molecule has 6 nitrogen and oxygen atoms in total. The van der Waals surface area contributed by atoms with Crippen molar-refractivity contribution in [3.63, 3.8) is 0 Å². The molecule has 1 saturated carbocycles. The molecule has 1 aromatic rings. The summed E-state index contributed by atoms with van der Waals surface area (Å²) >= 11 is 0. The van der Waals surface area contributed by atoms with Crippen LogP contribution in [0.1, 0.15) is 50.6 Å². The van der Waals surface area contributed by atoms with E-state index in [1.54, 1.807) is 4.68 Å². The number of aromatic nitrogens is 3. The normalized spacial score (nSPS) is 16.2. The molecule has 0 spiro atoms. The summed E-state index contributed by atoms with van der Waals surface area (Å²) in [5.74, 6) is 0.101. The van der Waals surface area contributed by atoms with E-state index >= 15 is 0 Å². The minimum atomic E-state index is 0.101. The quantitative estimate of drug-likeness (QED) is 0.782. The van der Waals surface area contributed by atoms with Gasteiger partial charge in [0, 0.05) is 25.3 Å². The second-order valence-corrected chi connectivity index (χ2v) is 5.45. The van der Waals surface area contributed by atoms with E-state index < -0.39 is 0 Å². The van der Waals surface area contributed by atoms with Crippen LogP contribution in [0.5, 0.6) is 0 Å². The molecule has 112 valence electrons. The highest BCUT2D eigenvalue weighted by molar-refractivity contribution is 5.76. The Bertz CT molecular complexity index is 413. The van der Waals surface area contributed by atoms with Crippen molar-refractivity contribution < 1.29 is 9.90 Å². The first kappa shape index (κ1) is 15.0. The van der Waals surface area contributed by atoms with Crippen molar-refractivity contribution in [3.05, 3.63) is 11.9 Å². The third kappa shape index (κ3) is 4.92. The monoisotopic (exact) mass is 280 g/mol. The minimum absolute atomic E-state index is 0.101. The molecule has 0 unspecified atom stereocenters. The summed E-state index contributed by atoms with van der Waals surface area (Å²) in [6.07, 6.45) is 9.68. The van der Waals surface area contributed by atoms with Gasteiger partial charge in [0.1, 0.15) is 0 Å². The molecule has 0 atom stereocenters. The number of carbonyl (C=O) groups is 1. The molecular weight excluding hydrogens is 256 g/mol. The van der Waals surface area contributed by atoms with Crippen LogP contribution in [0, 0.1) is 0 Å². The Balaban J connectivity index is 1.68. The molecule has 1 aromatic heterocycles. The summed E-state index contributed by atoms with van der Waals surface area (Å²) in [4.78, 5) is 11.9. The Morgan fingerprint density at radius 1 is 1.40 bits per heavy atom. The summed E-state index contributed by atoms with van der Waals surface area (Å²) in [6, 6.07) is 0.368. The van der Waals surface area contributed by atoms with Crippen molar-refractivity contribution in [2.45, 2.75) is 64.0 Å². The minimum Gasteiger partial charge on any atom is -0.396 e. The summed E-state index contributed by atoms with van der Waals surface area (Å²) in [7, 11) is 0. The molecule has 6 heteroatoms. The fraction of sp³-hybridized carbons (Fsp3) is 0.786. The number of rotatable bonds is 7. The Kier molecular flexibility index (Phi) is 5.98. The average Bonchev–Trinajstić information content (AvgIpc) is 2.92. The van der Waals surface area contributed by atoms with Crippen LogP contribution < -0.4 is 5.32 Å². The maximum Gasteiger partial charge on any atom is 0.222 e. The molecule has 2 N–H and O–H groups in total. The third-order valence-corrected chi connectivity index (χ3v) is 3.72. The zero-order chi connectivity index (χ0) is 14.2. The molecule has 1 heterocycles. The number of amides is 1. The molecule has 0 aliphatic heterocycles. The Morgan fingerprint density at radius 2 is 2.20 bits per heavy atom. The lowest BCUT2D eigenvalue weighted by Crippen LogP contribution is -2.36. The molecule has 1 amide bonds. The van der Waals surface area contributed by atoms with Crippen LogP contribution in [0.3, 0.4) is 0 Å². The fourth-order valence-corrected chi connectivity index (χ4v) is 2.59. The van der Waals surface area contributed by atoms with Crippen LogP contribution >= 0.6 is 0 Å². The molecule has 0 bridgehead atoms. The van der Waals surface area contributed by atoms with Gasteiger partial charge in [-0.15, -0.1) is 5.10 Å². The van der Waals surface area contributed by atoms with Crippen molar-refractivity contribution >= 4 is 5.91 Å². The summed E-state index contributed by atoms with van der Waals surface area (Å²) < 4.78 is 1.70. The van der Waals surface area contributed by atoms with Crippen molar-refractivity contribution in [1.29, 1.82) is 0 Å². The number of hydrogen-bond acceptors (Lipinski definition) is 4. The van der Waals surface area contributed by atoms with Gasteiger partial charge in [-0.3, -0.25) is 9.48 Å². The van der Waals surface area contributed by atoms with E-state index in [0.717, 1.165) is 25.0 Å². The van der Waals surface area contributed by atoms with Gasteiger partial charge in [0.15, 0.2) is 0 Å². The zero-order valence-electron chi connectivity index (χ0n) is 11.9. The highest BCUT2D eigenvalue weighted by atomic mass is 16.2. The molecule has 1 aliphatic carbocycles. The topological polar surface area (TPSA) is 80.0 Å². The summed E-state index contributed by atoms with van der Waals surface area (Å²) in [5, 5.41) is 19.9. The molecule has 1 fully saturated rings. The summed E-state index contributed by atoms with van der Waals surface area (Å²) in [6.45, 7) is 0.724. The van der Waals surface area contributed by atoms with Gasteiger partial charge in [0.2, 0.25) is 5.91 Å². The van der Waals surface area contributed by atoms with E-state index in [1.165, 1.54) is 19.3 Å². The Hall–Kier alpha value is -1.43. The van der Waals surface area contributed by atoms with E-state index in [-0.39, 0.29) is 12.5 Å². The van der Waals surface area contributed by atoms with Crippen molar-refractivity contribution in [2.75, 3.05) is 6.61 Å². The van der Waals surface area contributed by atoms with Crippen LogP contribution in [0.25, 0.3) is 0 Å². The molecule has 20 heavy (non-hydrogen) atoms. The standard InChI is InChI=1S/C14H24N4O2/c19-10-4-7-13-11-18(17-16-13)9-8-14(20)15-12-5-2-1-3-6-12/h11-12,19H,1-10H2,(H,15,20). The zero-order valence-corrected chi connectivity index (χ0v) is 11.9. The average molecular weight is 280 g/mol. The fourth-order valence-electron chi connectivity index (χ4n) is 2.59. The van der Waals surface area contributed by atoms with Gasteiger partial charge in [-0.05, 0) is 25.7 Å². The summed E-state index contributed by atoms with van der Waals surface area (Å²) in [5.41, 5.74) is 0.867. The van der Waals surface area contributed by atoms with Gasteiger partial charge in [0.25, 0.3) is 0 Å². The van der Waals surface area contributed by atoms with Crippen LogP contribution in [0.15, 0.2) is 6.20 Å². The SMILES string of the molecule is O=C(CCn1cc(CCCO)nn1)NC1CCCCC1. The lowest BCUT2D eigenvalue weighted by Gasteiger charge is -2.22. The first-order chi connectivity index (χ1) is 9.78. The van der Waals surface area contributed by atoms with E-state index in [4.69, 9.17) is 5.11 Å². The second-order valence-electron chi connectivity index (χ2n) is 5.45.